The molecule has 1 aliphatic carbocycles. The molecule has 0 spiro atoms. The minimum absolute atomic E-state index is 0.0439. The Morgan fingerprint density at radius 2 is 1.95 bits per heavy atom. The summed E-state index contributed by atoms with van der Waals surface area (Å²) in [5.41, 5.74) is -0.714. The molecule has 5 nitrogen and oxygen atoms in total. The summed E-state index contributed by atoms with van der Waals surface area (Å²) in [5.74, 6) is 0.758. The van der Waals surface area contributed by atoms with Crippen LogP contribution in [0, 0.1) is 17.8 Å². The monoisotopic (exact) mass is 330 g/mol. The van der Waals surface area contributed by atoms with E-state index in [2.05, 4.69) is 25.5 Å². The molecule has 2 rings (SSSR count). The van der Waals surface area contributed by atoms with E-state index in [0.717, 1.165) is 12.8 Å². The predicted molar refractivity (Wildman–Crippen MR) is 84.4 cm³/mol. The highest BCUT2D eigenvalue weighted by atomic mass is 32.2. The molecule has 0 aromatic heterocycles. The fourth-order valence-electron chi connectivity index (χ4n) is 3.24. The van der Waals surface area contributed by atoms with E-state index >= 15 is 0 Å². The molecule has 1 aliphatic heterocycles. The van der Waals surface area contributed by atoms with Gasteiger partial charge in [-0.15, -0.1) is 11.8 Å². The number of carbonyl (C=O) groups excluding carboxylic acids is 2. The Bertz CT molecular complexity index is 411. The van der Waals surface area contributed by atoms with E-state index in [9.17, 15) is 9.59 Å². The number of methoxy groups -OCH3 is 1. The first kappa shape index (κ1) is 17.6. The molecule has 2 fully saturated rings. The molecule has 0 N–H and O–H groups in total. The minimum atomic E-state index is -0.714. The lowest BCUT2D eigenvalue weighted by molar-refractivity contribution is -0.163. The van der Waals surface area contributed by atoms with E-state index in [1.165, 1.54) is 25.3 Å². The first-order chi connectivity index (χ1) is 10.4. The van der Waals surface area contributed by atoms with Gasteiger partial charge in [0.05, 0.1) is 13.7 Å². The minimum Gasteiger partial charge on any atom is -0.468 e. The molecule has 0 amide bonds. The maximum atomic E-state index is 12.3. The molecule has 126 valence electrons. The zero-order chi connectivity index (χ0) is 16.3. The first-order valence-corrected chi connectivity index (χ1v) is 8.92. The molecule has 0 aromatic rings. The second kappa shape index (κ2) is 7.68. The van der Waals surface area contributed by atoms with Crippen molar-refractivity contribution in [2.24, 2.45) is 17.8 Å². The van der Waals surface area contributed by atoms with Gasteiger partial charge in [0, 0.05) is 0 Å². The van der Waals surface area contributed by atoms with Crippen LogP contribution in [0.15, 0.2) is 0 Å². The molecule has 1 saturated carbocycles. The van der Waals surface area contributed by atoms with Crippen molar-refractivity contribution < 1.29 is 23.8 Å². The van der Waals surface area contributed by atoms with Crippen molar-refractivity contribution in [3.8, 4) is 0 Å². The summed E-state index contributed by atoms with van der Waals surface area (Å²) in [5, 5.41) is -0.436. The Balaban J connectivity index is 1.91. The van der Waals surface area contributed by atoms with Gasteiger partial charge in [-0.05, 0) is 30.6 Å². The Kier molecular flexibility index (Phi) is 6.15. The van der Waals surface area contributed by atoms with Crippen LogP contribution >= 0.6 is 11.8 Å². The molecule has 5 atom stereocenters. The Morgan fingerprint density at radius 1 is 1.23 bits per heavy atom. The number of carbonyl (C=O) groups is 2. The van der Waals surface area contributed by atoms with E-state index in [-0.39, 0.29) is 24.6 Å². The van der Waals surface area contributed by atoms with Gasteiger partial charge < -0.3 is 14.2 Å². The average molecular weight is 330 g/mol. The highest BCUT2D eigenvalue weighted by molar-refractivity contribution is 8.02. The van der Waals surface area contributed by atoms with Crippen LogP contribution in [0.4, 0.5) is 0 Å². The number of rotatable bonds is 4. The van der Waals surface area contributed by atoms with Crippen molar-refractivity contribution in [3.63, 3.8) is 0 Å². The van der Waals surface area contributed by atoms with E-state index in [1.54, 1.807) is 0 Å². The summed E-state index contributed by atoms with van der Waals surface area (Å²) in [4.78, 5) is 23.8. The van der Waals surface area contributed by atoms with Crippen LogP contribution in [0.5, 0.6) is 0 Å². The van der Waals surface area contributed by atoms with Crippen LogP contribution < -0.4 is 0 Å². The first-order valence-electron chi connectivity index (χ1n) is 7.97. The van der Waals surface area contributed by atoms with Crippen LogP contribution in [-0.2, 0) is 23.8 Å². The average Bonchev–Trinajstić information content (AvgIpc) is 2.96. The maximum Gasteiger partial charge on any atom is 0.346 e. The number of hydrogen-bond acceptors (Lipinski definition) is 6. The Morgan fingerprint density at radius 3 is 2.59 bits per heavy atom. The van der Waals surface area contributed by atoms with Crippen LogP contribution in [-0.4, -0.2) is 42.4 Å². The van der Waals surface area contributed by atoms with Crippen LogP contribution in [0.25, 0.3) is 0 Å². The van der Waals surface area contributed by atoms with Gasteiger partial charge in [0.1, 0.15) is 11.4 Å². The number of thioether (sulfide) groups is 1. The number of ether oxygens (including phenoxy) is 3. The fraction of sp³-hybridized carbons (Fsp3) is 0.875. The predicted octanol–water partition coefficient (Wildman–Crippen LogP) is 2.62. The summed E-state index contributed by atoms with van der Waals surface area (Å²) in [6.45, 7) is 6.75. The summed E-state index contributed by atoms with van der Waals surface area (Å²) >= 11 is 1.18. The van der Waals surface area contributed by atoms with E-state index < -0.39 is 10.7 Å². The normalized spacial score (nSPS) is 35.4. The van der Waals surface area contributed by atoms with Crippen LogP contribution in [0.1, 0.15) is 40.0 Å². The zero-order valence-corrected chi connectivity index (χ0v) is 14.6. The lowest BCUT2D eigenvalue weighted by Gasteiger charge is -2.37. The van der Waals surface area contributed by atoms with Crippen LogP contribution in [0.2, 0.25) is 0 Å². The molecule has 5 unspecified atom stereocenters. The molecule has 2 aliphatic rings. The maximum absolute atomic E-state index is 12.3. The SMILES string of the molecule is COC(=O)C1COC(C(=O)OC2CC(C)CCC2C(C)C)S1. The van der Waals surface area contributed by atoms with Crippen molar-refractivity contribution in [3.05, 3.63) is 0 Å². The van der Waals surface area contributed by atoms with Gasteiger partial charge >= 0.3 is 11.9 Å². The van der Waals surface area contributed by atoms with Gasteiger partial charge in [-0.25, -0.2) is 4.79 Å². The summed E-state index contributed by atoms with van der Waals surface area (Å²) in [6.07, 6.45) is 3.15. The van der Waals surface area contributed by atoms with Gasteiger partial charge in [0.25, 0.3) is 0 Å². The molecular formula is C16H26O5S. The van der Waals surface area contributed by atoms with Crippen LogP contribution in [0.3, 0.4) is 0 Å². The van der Waals surface area contributed by atoms with Crippen molar-refractivity contribution >= 4 is 23.7 Å². The van der Waals surface area contributed by atoms with Crippen molar-refractivity contribution in [2.75, 3.05) is 13.7 Å². The fourth-order valence-corrected chi connectivity index (χ4v) is 4.22. The van der Waals surface area contributed by atoms with E-state index in [0.29, 0.717) is 17.8 Å². The third kappa shape index (κ3) is 4.16. The Labute approximate surface area is 136 Å². The zero-order valence-electron chi connectivity index (χ0n) is 13.7. The summed E-state index contributed by atoms with van der Waals surface area (Å²) in [6, 6.07) is 0. The molecule has 1 saturated heterocycles. The standard InChI is InChI=1S/C16H26O5S/c1-9(2)11-6-5-10(3)7-12(11)21-15(18)16-20-8-13(22-16)14(17)19-4/h9-13,16H,5-8H2,1-4H3. The highest BCUT2D eigenvalue weighted by Gasteiger charge is 2.40. The molecule has 22 heavy (non-hydrogen) atoms. The topological polar surface area (TPSA) is 61.8 Å². The van der Waals surface area contributed by atoms with Gasteiger partial charge in [-0.2, -0.15) is 0 Å². The third-order valence-corrected chi connectivity index (χ3v) is 5.81. The molecule has 6 heteroatoms. The second-order valence-corrected chi connectivity index (χ2v) is 7.88. The van der Waals surface area contributed by atoms with Gasteiger partial charge in [-0.3, -0.25) is 4.79 Å². The van der Waals surface area contributed by atoms with Crippen molar-refractivity contribution in [2.45, 2.75) is 56.8 Å². The smallest absolute Gasteiger partial charge is 0.346 e. The second-order valence-electron chi connectivity index (χ2n) is 6.61. The van der Waals surface area contributed by atoms with Crippen molar-refractivity contribution in [1.82, 2.24) is 0 Å². The molecule has 0 aromatic carbocycles. The van der Waals surface area contributed by atoms with Crippen molar-refractivity contribution in [1.29, 1.82) is 0 Å². The molecule has 0 radical (unpaired) electrons. The highest BCUT2D eigenvalue weighted by Crippen LogP contribution is 2.37. The molecule has 0 bridgehead atoms. The van der Waals surface area contributed by atoms with E-state index in [4.69, 9.17) is 9.47 Å². The number of hydrogen-bond donors (Lipinski definition) is 0. The van der Waals surface area contributed by atoms with Gasteiger partial charge in [0.15, 0.2) is 0 Å². The molecular weight excluding hydrogens is 304 g/mol. The lowest BCUT2D eigenvalue weighted by atomic mass is 9.75. The molecule has 1 heterocycles. The number of esters is 2. The lowest BCUT2D eigenvalue weighted by Crippen LogP contribution is -2.37. The van der Waals surface area contributed by atoms with Gasteiger partial charge in [-0.1, -0.05) is 27.2 Å². The summed E-state index contributed by atoms with van der Waals surface area (Å²) < 4.78 is 15.8. The summed E-state index contributed by atoms with van der Waals surface area (Å²) in [7, 11) is 1.34. The Hall–Kier alpha value is -0.750. The van der Waals surface area contributed by atoms with Gasteiger partial charge in [0.2, 0.25) is 5.44 Å². The third-order valence-electron chi connectivity index (χ3n) is 4.57. The quantitative estimate of drug-likeness (QED) is 0.739. The largest absolute Gasteiger partial charge is 0.468 e. The van der Waals surface area contributed by atoms with E-state index in [1.807, 2.05) is 0 Å².